The molecule has 1 aliphatic carbocycles. The second-order valence-corrected chi connectivity index (χ2v) is 8.53. The smallest absolute Gasteiger partial charge is 0.220 e. The lowest BCUT2D eigenvalue weighted by Gasteiger charge is -2.35. The Bertz CT molecular complexity index is 500. The van der Waals surface area contributed by atoms with E-state index in [0.29, 0.717) is 19.5 Å². The molecule has 0 radical (unpaired) electrons. The van der Waals surface area contributed by atoms with Crippen molar-refractivity contribution in [3.63, 3.8) is 0 Å². The first-order valence-electron chi connectivity index (χ1n) is 8.14. The van der Waals surface area contributed by atoms with Gasteiger partial charge in [-0.3, -0.25) is 4.79 Å². The van der Waals surface area contributed by atoms with E-state index in [9.17, 15) is 4.79 Å². The van der Waals surface area contributed by atoms with Crippen LogP contribution in [0.25, 0.3) is 0 Å². The molecule has 1 aromatic rings. The SMILES string of the molecule is CC(C)(C)c1nnc(CNC(=O)CC2(CN)CCCCC2)s1. The van der Waals surface area contributed by atoms with Crippen molar-refractivity contribution in [2.24, 2.45) is 11.1 Å². The minimum Gasteiger partial charge on any atom is -0.349 e. The molecule has 2 rings (SSSR count). The van der Waals surface area contributed by atoms with Crippen LogP contribution in [-0.2, 0) is 16.8 Å². The molecule has 1 aliphatic rings. The summed E-state index contributed by atoms with van der Waals surface area (Å²) in [6, 6.07) is 0. The number of nitrogens with zero attached hydrogens (tertiary/aromatic N) is 2. The number of hydrogen-bond acceptors (Lipinski definition) is 5. The molecule has 0 aromatic carbocycles. The quantitative estimate of drug-likeness (QED) is 0.872. The molecule has 0 spiro atoms. The van der Waals surface area contributed by atoms with Gasteiger partial charge in [0, 0.05) is 11.8 Å². The Morgan fingerprint density at radius 3 is 2.50 bits per heavy atom. The van der Waals surface area contributed by atoms with E-state index < -0.39 is 0 Å². The zero-order chi connectivity index (χ0) is 16.2. The van der Waals surface area contributed by atoms with Crippen LogP contribution in [-0.4, -0.2) is 22.6 Å². The molecule has 1 saturated carbocycles. The zero-order valence-corrected chi connectivity index (χ0v) is 14.8. The largest absolute Gasteiger partial charge is 0.349 e. The van der Waals surface area contributed by atoms with E-state index in [4.69, 9.17) is 5.73 Å². The molecule has 3 N–H and O–H groups in total. The highest BCUT2D eigenvalue weighted by Crippen LogP contribution is 2.38. The Kier molecular flexibility index (Phi) is 5.55. The molecular weight excluding hydrogens is 296 g/mol. The second kappa shape index (κ2) is 7.04. The molecule has 0 bridgehead atoms. The predicted octanol–water partition coefficient (Wildman–Crippen LogP) is 2.75. The molecule has 22 heavy (non-hydrogen) atoms. The highest BCUT2D eigenvalue weighted by atomic mass is 32.1. The maximum absolute atomic E-state index is 12.2. The van der Waals surface area contributed by atoms with Crippen molar-refractivity contribution in [1.82, 2.24) is 15.5 Å². The minimum absolute atomic E-state index is 0.00559. The minimum atomic E-state index is 0.00559. The number of carbonyl (C=O) groups excluding carboxylic acids is 1. The van der Waals surface area contributed by atoms with E-state index in [-0.39, 0.29) is 16.7 Å². The first kappa shape index (κ1) is 17.3. The summed E-state index contributed by atoms with van der Waals surface area (Å²) in [5.41, 5.74) is 5.96. The predicted molar refractivity (Wildman–Crippen MR) is 89.6 cm³/mol. The lowest BCUT2D eigenvalue weighted by Crippen LogP contribution is -2.38. The van der Waals surface area contributed by atoms with Gasteiger partial charge in [0.2, 0.25) is 5.91 Å². The molecule has 1 fully saturated rings. The standard InChI is InChI=1S/C16H28N4OS/c1-15(2,3)14-20-19-13(22-14)10-18-12(21)9-16(11-17)7-5-4-6-8-16/h4-11,17H2,1-3H3,(H,18,21). The van der Waals surface area contributed by atoms with Crippen molar-refractivity contribution < 1.29 is 4.79 Å². The maximum Gasteiger partial charge on any atom is 0.220 e. The van der Waals surface area contributed by atoms with E-state index in [1.165, 1.54) is 19.3 Å². The fourth-order valence-corrected chi connectivity index (χ4v) is 3.80. The number of amides is 1. The summed E-state index contributed by atoms with van der Waals surface area (Å²) in [5, 5.41) is 13.2. The Labute approximate surface area is 137 Å². The van der Waals surface area contributed by atoms with Gasteiger partial charge in [-0.2, -0.15) is 0 Å². The Balaban J connectivity index is 1.86. The Morgan fingerprint density at radius 1 is 1.27 bits per heavy atom. The molecule has 124 valence electrons. The van der Waals surface area contributed by atoms with Gasteiger partial charge in [-0.05, 0) is 24.8 Å². The summed E-state index contributed by atoms with van der Waals surface area (Å²) in [4.78, 5) is 12.2. The van der Waals surface area contributed by atoms with Crippen molar-refractivity contribution in [2.45, 2.75) is 71.3 Å². The highest BCUT2D eigenvalue weighted by Gasteiger charge is 2.32. The third kappa shape index (κ3) is 4.49. The van der Waals surface area contributed by atoms with Crippen molar-refractivity contribution in [3.05, 3.63) is 10.0 Å². The lowest BCUT2D eigenvalue weighted by molar-refractivity contribution is -0.124. The number of nitrogens with two attached hydrogens (primary N) is 1. The summed E-state index contributed by atoms with van der Waals surface area (Å²) >= 11 is 1.57. The van der Waals surface area contributed by atoms with Crippen LogP contribution in [0, 0.1) is 5.41 Å². The summed E-state index contributed by atoms with van der Waals surface area (Å²) < 4.78 is 0. The first-order valence-corrected chi connectivity index (χ1v) is 8.96. The average Bonchev–Trinajstić information content (AvgIpc) is 2.95. The van der Waals surface area contributed by atoms with Gasteiger partial charge in [0.1, 0.15) is 10.0 Å². The topological polar surface area (TPSA) is 80.9 Å². The van der Waals surface area contributed by atoms with Crippen LogP contribution in [0.1, 0.15) is 69.3 Å². The fourth-order valence-electron chi connectivity index (χ4n) is 2.96. The molecular formula is C16H28N4OS. The van der Waals surface area contributed by atoms with Crippen LogP contribution in [0.4, 0.5) is 0 Å². The monoisotopic (exact) mass is 324 g/mol. The van der Waals surface area contributed by atoms with Gasteiger partial charge in [-0.25, -0.2) is 0 Å². The van der Waals surface area contributed by atoms with Gasteiger partial charge in [-0.1, -0.05) is 51.4 Å². The van der Waals surface area contributed by atoms with Crippen LogP contribution in [0.15, 0.2) is 0 Å². The zero-order valence-electron chi connectivity index (χ0n) is 13.9. The fraction of sp³-hybridized carbons (Fsp3) is 0.812. The van der Waals surface area contributed by atoms with Crippen LogP contribution >= 0.6 is 11.3 Å². The van der Waals surface area contributed by atoms with Crippen molar-refractivity contribution in [2.75, 3.05) is 6.54 Å². The number of rotatable bonds is 5. The number of aromatic nitrogens is 2. The molecule has 1 heterocycles. The number of carbonyl (C=O) groups is 1. The van der Waals surface area contributed by atoms with Crippen LogP contribution in [0.5, 0.6) is 0 Å². The van der Waals surface area contributed by atoms with E-state index in [2.05, 4.69) is 36.3 Å². The van der Waals surface area contributed by atoms with Gasteiger partial charge in [0.05, 0.1) is 6.54 Å². The van der Waals surface area contributed by atoms with Gasteiger partial charge in [0.25, 0.3) is 0 Å². The summed E-state index contributed by atoms with van der Waals surface area (Å²) in [7, 11) is 0. The molecule has 0 unspecified atom stereocenters. The molecule has 6 heteroatoms. The molecule has 0 aliphatic heterocycles. The molecule has 1 amide bonds. The van der Waals surface area contributed by atoms with Crippen molar-refractivity contribution >= 4 is 17.2 Å². The van der Waals surface area contributed by atoms with Gasteiger partial charge >= 0.3 is 0 Å². The number of hydrogen-bond donors (Lipinski definition) is 2. The summed E-state index contributed by atoms with van der Waals surface area (Å²) in [6.07, 6.45) is 6.33. The average molecular weight is 324 g/mol. The number of nitrogens with one attached hydrogen (secondary N) is 1. The Hall–Kier alpha value is -1.01. The highest BCUT2D eigenvalue weighted by molar-refractivity contribution is 7.11. The second-order valence-electron chi connectivity index (χ2n) is 7.47. The van der Waals surface area contributed by atoms with E-state index in [1.807, 2.05) is 0 Å². The van der Waals surface area contributed by atoms with Crippen LogP contribution in [0.2, 0.25) is 0 Å². The Morgan fingerprint density at radius 2 is 1.95 bits per heavy atom. The maximum atomic E-state index is 12.2. The first-order chi connectivity index (χ1) is 10.3. The van der Waals surface area contributed by atoms with E-state index >= 15 is 0 Å². The summed E-state index contributed by atoms with van der Waals surface area (Å²) in [5.74, 6) is 0.0832. The van der Waals surface area contributed by atoms with E-state index in [1.54, 1.807) is 11.3 Å². The summed E-state index contributed by atoms with van der Waals surface area (Å²) in [6.45, 7) is 7.42. The third-order valence-electron chi connectivity index (χ3n) is 4.43. The van der Waals surface area contributed by atoms with Crippen LogP contribution in [0.3, 0.4) is 0 Å². The van der Waals surface area contributed by atoms with Crippen LogP contribution < -0.4 is 11.1 Å². The lowest BCUT2D eigenvalue weighted by atomic mass is 9.72. The van der Waals surface area contributed by atoms with Gasteiger partial charge < -0.3 is 11.1 Å². The van der Waals surface area contributed by atoms with Crippen molar-refractivity contribution in [3.8, 4) is 0 Å². The van der Waals surface area contributed by atoms with E-state index in [0.717, 1.165) is 22.9 Å². The molecule has 0 atom stereocenters. The van der Waals surface area contributed by atoms with Gasteiger partial charge in [-0.15, -0.1) is 10.2 Å². The molecule has 1 aromatic heterocycles. The normalized spacial score (nSPS) is 18.2. The molecule has 5 nitrogen and oxygen atoms in total. The van der Waals surface area contributed by atoms with Gasteiger partial charge in [0.15, 0.2) is 0 Å². The third-order valence-corrected chi connectivity index (χ3v) is 5.78. The van der Waals surface area contributed by atoms with Crippen molar-refractivity contribution in [1.29, 1.82) is 0 Å². The molecule has 0 saturated heterocycles.